The summed E-state index contributed by atoms with van der Waals surface area (Å²) in [6.45, 7) is 5.97. The van der Waals surface area contributed by atoms with Gasteiger partial charge < -0.3 is 0 Å². The molecule has 3 atom stereocenters. The fourth-order valence-electron chi connectivity index (χ4n) is 1.99. The molecule has 1 rings (SSSR count). The van der Waals surface area contributed by atoms with E-state index in [1.54, 1.807) is 0 Å². The summed E-state index contributed by atoms with van der Waals surface area (Å²) in [6, 6.07) is 0.865. The molecule has 0 N–H and O–H groups in total. The Morgan fingerprint density at radius 1 is 1.45 bits per heavy atom. The zero-order chi connectivity index (χ0) is 8.27. The molecular weight excluding hydrogens is 153 g/mol. The third-order valence-corrected chi connectivity index (χ3v) is 3.23. The number of rotatable bonds is 2. The number of likely N-dealkylation sites (tertiary alicyclic amines) is 1. The van der Waals surface area contributed by atoms with Crippen LogP contribution in [0.3, 0.4) is 0 Å². The van der Waals surface area contributed by atoms with Crippen LogP contribution in [0, 0.1) is 5.92 Å². The molecule has 0 aliphatic carbocycles. The van der Waals surface area contributed by atoms with Crippen LogP contribution in [-0.4, -0.2) is 23.8 Å². The van der Waals surface area contributed by atoms with E-state index in [0.717, 1.165) is 18.2 Å². The Bertz CT molecular complexity index is 116. The van der Waals surface area contributed by atoms with Crippen LogP contribution in [0.5, 0.6) is 0 Å². The van der Waals surface area contributed by atoms with Crippen LogP contribution in [0.15, 0.2) is 0 Å². The second-order valence-corrected chi connectivity index (χ2v) is 4.06. The van der Waals surface area contributed by atoms with Gasteiger partial charge in [0.1, 0.15) is 0 Å². The molecule has 0 aromatic carbocycles. The van der Waals surface area contributed by atoms with E-state index < -0.39 is 0 Å². The highest BCUT2D eigenvalue weighted by molar-refractivity contribution is 7.16. The van der Waals surface area contributed by atoms with Crippen molar-refractivity contribution in [3.05, 3.63) is 0 Å². The number of hydrogen-bond donors (Lipinski definition) is 0. The molecule has 1 aliphatic rings. The first-order valence-corrected chi connectivity index (χ1v) is 5.53. The van der Waals surface area contributed by atoms with E-state index in [0.29, 0.717) is 0 Å². The van der Waals surface area contributed by atoms with Crippen LogP contribution >= 0.6 is 9.24 Å². The second-order valence-electron chi connectivity index (χ2n) is 3.70. The molecule has 1 saturated heterocycles. The molecule has 0 saturated carbocycles. The number of piperidine rings is 1. The third kappa shape index (κ3) is 2.42. The molecule has 0 bridgehead atoms. The molecule has 0 amide bonds. The smallest absolute Gasteiger partial charge is 0.0129 e. The van der Waals surface area contributed by atoms with Crippen molar-refractivity contribution in [3.8, 4) is 0 Å². The minimum absolute atomic E-state index is 0.865. The molecular formula is C9H20NP. The maximum Gasteiger partial charge on any atom is 0.0129 e. The highest BCUT2D eigenvalue weighted by Crippen LogP contribution is 2.23. The molecule has 1 aliphatic heterocycles. The quantitative estimate of drug-likeness (QED) is 0.579. The predicted octanol–water partition coefficient (Wildman–Crippen LogP) is 2.33. The topological polar surface area (TPSA) is 3.24 Å². The minimum Gasteiger partial charge on any atom is -0.297 e. The maximum absolute atomic E-state index is 2.84. The lowest BCUT2D eigenvalue weighted by Crippen LogP contribution is -2.41. The van der Waals surface area contributed by atoms with Gasteiger partial charge in [0, 0.05) is 18.9 Å². The Kier molecular flexibility index (Phi) is 3.81. The Labute approximate surface area is 72.7 Å². The predicted molar refractivity (Wildman–Crippen MR) is 53.8 cm³/mol. The Hall–Kier alpha value is 0.390. The van der Waals surface area contributed by atoms with Gasteiger partial charge in [0.15, 0.2) is 0 Å². The molecule has 1 heterocycles. The Morgan fingerprint density at radius 2 is 2.18 bits per heavy atom. The summed E-state index contributed by atoms with van der Waals surface area (Å²) in [5, 5.41) is 0. The zero-order valence-corrected chi connectivity index (χ0v) is 8.87. The van der Waals surface area contributed by atoms with Gasteiger partial charge in [0.05, 0.1) is 0 Å². The summed E-state index contributed by atoms with van der Waals surface area (Å²) >= 11 is 0. The van der Waals surface area contributed by atoms with Crippen molar-refractivity contribution in [3.63, 3.8) is 0 Å². The maximum atomic E-state index is 2.84. The van der Waals surface area contributed by atoms with Crippen molar-refractivity contribution in [1.29, 1.82) is 0 Å². The highest BCUT2D eigenvalue weighted by Gasteiger charge is 2.22. The van der Waals surface area contributed by atoms with E-state index in [9.17, 15) is 0 Å². The van der Waals surface area contributed by atoms with Crippen LogP contribution in [0.2, 0.25) is 0 Å². The van der Waals surface area contributed by atoms with Crippen LogP contribution in [0.25, 0.3) is 0 Å². The van der Waals surface area contributed by atoms with Crippen molar-refractivity contribution in [1.82, 2.24) is 4.90 Å². The SMILES string of the molecule is CCC1CC[C@@H](C)CN1CP. The van der Waals surface area contributed by atoms with E-state index in [1.165, 1.54) is 25.8 Å². The molecule has 0 aromatic rings. The molecule has 0 aromatic heterocycles. The van der Waals surface area contributed by atoms with Crippen LogP contribution < -0.4 is 0 Å². The van der Waals surface area contributed by atoms with Gasteiger partial charge in [-0.05, 0) is 25.2 Å². The van der Waals surface area contributed by atoms with E-state index in [1.807, 2.05) is 0 Å². The summed E-state index contributed by atoms with van der Waals surface area (Å²) < 4.78 is 0. The first-order valence-electron chi connectivity index (χ1n) is 4.72. The highest BCUT2D eigenvalue weighted by atomic mass is 31.0. The van der Waals surface area contributed by atoms with Gasteiger partial charge in [-0.15, -0.1) is 9.24 Å². The Balaban J connectivity index is 2.41. The van der Waals surface area contributed by atoms with Gasteiger partial charge in [-0.25, -0.2) is 0 Å². The normalized spacial score (nSPS) is 34.1. The molecule has 2 heteroatoms. The molecule has 2 unspecified atom stereocenters. The fourth-order valence-corrected chi connectivity index (χ4v) is 2.43. The average molecular weight is 173 g/mol. The van der Waals surface area contributed by atoms with Gasteiger partial charge in [0.25, 0.3) is 0 Å². The molecule has 1 nitrogen and oxygen atoms in total. The number of nitrogens with zero attached hydrogens (tertiary/aromatic N) is 1. The van der Waals surface area contributed by atoms with Gasteiger partial charge in [-0.3, -0.25) is 4.90 Å². The number of hydrogen-bond acceptors (Lipinski definition) is 1. The van der Waals surface area contributed by atoms with E-state index in [-0.39, 0.29) is 0 Å². The fraction of sp³-hybridized carbons (Fsp3) is 1.00. The summed E-state index contributed by atoms with van der Waals surface area (Å²) in [7, 11) is 2.84. The van der Waals surface area contributed by atoms with Gasteiger partial charge in [-0.1, -0.05) is 13.8 Å². The lowest BCUT2D eigenvalue weighted by Gasteiger charge is -2.37. The molecule has 11 heavy (non-hydrogen) atoms. The lowest BCUT2D eigenvalue weighted by atomic mass is 9.93. The summed E-state index contributed by atoms with van der Waals surface area (Å²) in [6.07, 6.45) is 5.32. The van der Waals surface area contributed by atoms with E-state index in [2.05, 4.69) is 28.0 Å². The van der Waals surface area contributed by atoms with Crippen molar-refractivity contribution in [2.45, 2.75) is 39.2 Å². The summed E-state index contributed by atoms with van der Waals surface area (Å²) in [4.78, 5) is 2.60. The first kappa shape index (κ1) is 9.48. The van der Waals surface area contributed by atoms with Gasteiger partial charge >= 0.3 is 0 Å². The third-order valence-electron chi connectivity index (χ3n) is 2.76. The van der Waals surface area contributed by atoms with Crippen molar-refractivity contribution < 1.29 is 0 Å². The van der Waals surface area contributed by atoms with Crippen molar-refractivity contribution >= 4 is 9.24 Å². The van der Waals surface area contributed by atoms with Crippen molar-refractivity contribution in [2.24, 2.45) is 5.92 Å². The van der Waals surface area contributed by atoms with E-state index in [4.69, 9.17) is 0 Å². The standard InChI is InChI=1S/C9H20NP/c1-3-9-5-4-8(2)6-10(9)7-11/h8-9H,3-7,11H2,1-2H3/t8-,9?/m1/s1. The largest absolute Gasteiger partial charge is 0.297 e. The minimum atomic E-state index is 0.865. The van der Waals surface area contributed by atoms with Crippen molar-refractivity contribution in [2.75, 3.05) is 12.8 Å². The zero-order valence-electron chi connectivity index (χ0n) is 7.71. The monoisotopic (exact) mass is 173 g/mol. The molecule has 1 fully saturated rings. The molecule has 0 radical (unpaired) electrons. The van der Waals surface area contributed by atoms with Gasteiger partial charge in [0.2, 0.25) is 0 Å². The van der Waals surface area contributed by atoms with Crippen LogP contribution in [0.4, 0.5) is 0 Å². The molecule has 66 valence electrons. The summed E-state index contributed by atoms with van der Waals surface area (Å²) in [5.41, 5.74) is 0. The second kappa shape index (κ2) is 4.42. The van der Waals surface area contributed by atoms with E-state index >= 15 is 0 Å². The Morgan fingerprint density at radius 3 is 2.73 bits per heavy atom. The van der Waals surface area contributed by atoms with Gasteiger partial charge in [-0.2, -0.15) is 0 Å². The first-order chi connectivity index (χ1) is 5.27. The average Bonchev–Trinajstić information content (AvgIpc) is 2.04. The summed E-state index contributed by atoms with van der Waals surface area (Å²) in [5.74, 6) is 0.915. The van der Waals surface area contributed by atoms with Crippen LogP contribution in [-0.2, 0) is 0 Å². The molecule has 0 spiro atoms. The van der Waals surface area contributed by atoms with Crippen LogP contribution in [0.1, 0.15) is 33.1 Å². The lowest BCUT2D eigenvalue weighted by molar-refractivity contribution is 0.134.